The van der Waals surface area contributed by atoms with Crippen LogP contribution in [0.1, 0.15) is 51.0 Å². The van der Waals surface area contributed by atoms with Crippen LogP contribution in [0.15, 0.2) is 18.2 Å². The third-order valence-corrected chi connectivity index (χ3v) is 6.57. The first kappa shape index (κ1) is 22.4. The van der Waals surface area contributed by atoms with Crippen LogP contribution in [0.5, 0.6) is 0 Å². The summed E-state index contributed by atoms with van der Waals surface area (Å²) in [5, 5.41) is 11.4. The van der Waals surface area contributed by atoms with Gasteiger partial charge in [-0.15, -0.1) is 0 Å². The summed E-state index contributed by atoms with van der Waals surface area (Å²) in [6.45, 7) is 3.03. The van der Waals surface area contributed by atoms with Gasteiger partial charge in [0.2, 0.25) is 5.91 Å². The van der Waals surface area contributed by atoms with E-state index in [1.165, 1.54) is 6.07 Å². The van der Waals surface area contributed by atoms with Gasteiger partial charge in [0.05, 0.1) is 10.5 Å². The number of piperidine rings is 1. The summed E-state index contributed by atoms with van der Waals surface area (Å²) in [7, 11) is 1.86. The molecule has 0 spiro atoms. The number of carbonyl (C=O) groups excluding carboxylic acids is 1. The van der Waals surface area contributed by atoms with Gasteiger partial charge in [0.1, 0.15) is 5.69 Å². The van der Waals surface area contributed by atoms with Gasteiger partial charge in [-0.2, -0.15) is 13.2 Å². The second-order valence-corrected chi connectivity index (χ2v) is 8.58. The van der Waals surface area contributed by atoms with Crippen molar-refractivity contribution in [3.8, 4) is 0 Å². The zero-order valence-electron chi connectivity index (χ0n) is 17.3. The van der Waals surface area contributed by atoms with Gasteiger partial charge < -0.3 is 9.80 Å². The SMILES string of the molecule is CC1CCC(N(C)C(=O)C2CCN(c3ccc(C(F)(F)F)cc3[N+](=O)[O-])CC2)CC1. The summed E-state index contributed by atoms with van der Waals surface area (Å²) >= 11 is 0. The third-order valence-electron chi connectivity index (χ3n) is 6.57. The van der Waals surface area contributed by atoms with Crippen molar-refractivity contribution in [2.24, 2.45) is 11.8 Å². The zero-order chi connectivity index (χ0) is 22.1. The molecule has 0 unspecified atom stereocenters. The number of halogens is 3. The van der Waals surface area contributed by atoms with Gasteiger partial charge in [0.25, 0.3) is 5.69 Å². The Labute approximate surface area is 174 Å². The van der Waals surface area contributed by atoms with Gasteiger partial charge in [-0.25, -0.2) is 0 Å². The van der Waals surface area contributed by atoms with Crippen molar-refractivity contribution < 1.29 is 22.9 Å². The van der Waals surface area contributed by atoms with E-state index in [0.717, 1.165) is 31.7 Å². The lowest BCUT2D eigenvalue weighted by molar-refractivity contribution is -0.384. The van der Waals surface area contributed by atoms with Crippen molar-refractivity contribution in [1.82, 2.24) is 4.90 Å². The van der Waals surface area contributed by atoms with Crippen LogP contribution in [-0.4, -0.2) is 41.9 Å². The molecule has 1 aromatic rings. The van der Waals surface area contributed by atoms with Gasteiger partial charge >= 0.3 is 6.18 Å². The number of nitro benzene ring substituents is 1. The molecule has 9 heteroatoms. The van der Waals surface area contributed by atoms with Crippen molar-refractivity contribution in [3.63, 3.8) is 0 Å². The highest BCUT2D eigenvalue weighted by Crippen LogP contribution is 2.38. The highest BCUT2D eigenvalue weighted by molar-refractivity contribution is 5.79. The highest BCUT2D eigenvalue weighted by Gasteiger charge is 2.36. The van der Waals surface area contributed by atoms with Crippen LogP contribution in [0, 0.1) is 22.0 Å². The Morgan fingerprint density at radius 1 is 1.13 bits per heavy atom. The average molecular weight is 427 g/mol. The van der Waals surface area contributed by atoms with Crippen molar-refractivity contribution in [2.45, 2.75) is 57.7 Å². The molecule has 3 rings (SSSR count). The molecule has 30 heavy (non-hydrogen) atoms. The van der Waals surface area contributed by atoms with E-state index in [9.17, 15) is 28.1 Å². The number of rotatable bonds is 4. The molecule has 2 fully saturated rings. The van der Waals surface area contributed by atoms with E-state index in [2.05, 4.69) is 6.92 Å². The average Bonchev–Trinajstić information content (AvgIpc) is 2.72. The van der Waals surface area contributed by atoms with Gasteiger partial charge in [-0.1, -0.05) is 6.92 Å². The Hall–Kier alpha value is -2.32. The first-order valence-corrected chi connectivity index (χ1v) is 10.4. The molecule has 1 aromatic carbocycles. The van der Waals surface area contributed by atoms with Gasteiger partial charge in [0.15, 0.2) is 0 Å². The number of carbonyl (C=O) groups is 1. The molecule has 1 heterocycles. The van der Waals surface area contributed by atoms with Crippen LogP contribution in [0.2, 0.25) is 0 Å². The normalized spacial score (nSPS) is 23.3. The van der Waals surface area contributed by atoms with E-state index in [1.54, 1.807) is 4.90 Å². The summed E-state index contributed by atoms with van der Waals surface area (Å²) in [6.07, 6.45) is 0.704. The first-order valence-electron chi connectivity index (χ1n) is 10.4. The number of benzene rings is 1. The largest absolute Gasteiger partial charge is 0.416 e. The molecule has 1 amide bonds. The molecule has 1 aliphatic heterocycles. The molecule has 1 aliphatic carbocycles. The molecule has 0 aromatic heterocycles. The number of anilines is 1. The Bertz CT molecular complexity index is 783. The van der Waals surface area contributed by atoms with E-state index in [0.29, 0.717) is 37.9 Å². The van der Waals surface area contributed by atoms with Crippen molar-refractivity contribution in [2.75, 3.05) is 25.0 Å². The lowest BCUT2D eigenvalue weighted by atomic mass is 9.86. The molecule has 2 aliphatic rings. The van der Waals surface area contributed by atoms with Gasteiger partial charge in [0, 0.05) is 38.2 Å². The second kappa shape index (κ2) is 8.81. The van der Waals surface area contributed by atoms with Crippen LogP contribution in [-0.2, 0) is 11.0 Å². The number of nitro groups is 1. The van der Waals surface area contributed by atoms with Crippen molar-refractivity contribution in [1.29, 1.82) is 0 Å². The molecular weight excluding hydrogens is 399 g/mol. The molecule has 6 nitrogen and oxygen atoms in total. The Morgan fingerprint density at radius 3 is 2.27 bits per heavy atom. The highest BCUT2D eigenvalue weighted by atomic mass is 19.4. The van der Waals surface area contributed by atoms with Crippen LogP contribution < -0.4 is 4.90 Å². The Morgan fingerprint density at radius 2 is 1.73 bits per heavy atom. The minimum atomic E-state index is -4.63. The minimum Gasteiger partial charge on any atom is -0.366 e. The zero-order valence-corrected chi connectivity index (χ0v) is 17.3. The number of hydrogen-bond donors (Lipinski definition) is 0. The summed E-state index contributed by atoms with van der Waals surface area (Å²) < 4.78 is 38.8. The number of hydrogen-bond acceptors (Lipinski definition) is 4. The molecule has 1 saturated carbocycles. The van der Waals surface area contributed by atoms with Gasteiger partial charge in [-0.3, -0.25) is 14.9 Å². The lowest BCUT2D eigenvalue weighted by Crippen LogP contribution is -2.46. The third kappa shape index (κ3) is 4.87. The Kier molecular flexibility index (Phi) is 6.57. The van der Waals surface area contributed by atoms with Crippen LogP contribution in [0.3, 0.4) is 0 Å². The smallest absolute Gasteiger partial charge is 0.366 e. The fourth-order valence-electron chi connectivity index (χ4n) is 4.58. The minimum absolute atomic E-state index is 0.108. The number of alkyl halides is 3. The van der Waals surface area contributed by atoms with E-state index in [4.69, 9.17) is 0 Å². The maximum absolute atomic E-state index is 12.9. The fraction of sp³-hybridized carbons (Fsp3) is 0.667. The van der Waals surface area contributed by atoms with E-state index in [1.807, 2.05) is 11.9 Å². The maximum atomic E-state index is 12.9. The van der Waals surface area contributed by atoms with E-state index in [-0.39, 0.29) is 23.6 Å². The molecule has 1 saturated heterocycles. The summed E-state index contributed by atoms with van der Waals surface area (Å²) in [5.41, 5.74) is -1.41. The molecule has 166 valence electrons. The molecule has 0 N–H and O–H groups in total. The van der Waals surface area contributed by atoms with E-state index < -0.39 is 22.4 Å². The molecule has 0 radical (unpaired) electrons. The van der Waals surface area contributed by atoms with E-state index >= 15 is 0 Å². The first-order chi connectivity index (χ1) is 14.1. The molecule has 0 atom stereocenters. The fourth-order valence-corrected chi connectivity index (χ4v) is 4.58. The predicted molar refractivity (Wildman–Crippen MR) is 107 cm³/mol. The quantitative estimate of drug-likeness (QED) is 0.508. The summed E-state index contributed by atoms with van der Waals surface area (Å²) in [6, 6.07) is 2.89. The van der Waals surface area contributed by atoms with Gasteiger partial charge in [-0.05, 0) is 56.6 Å². The van der Waals surface area contributed by atoms with Crippen LogP contribution in [0.4, 0.5) is 24.5 Å². The standard InChI is InChI=1S/C21H28F3N3O3/c1-14-3-6-17(7-4-14)25(2)20(28)15-9-11-26(12-10-15)18-8-5-16(21(22,23)24)13-19(18)27(29)30/h5,8,13-15,17H,3-4,6-7,9-12H2,1-2H3. The Balaban J connectivity index is 1.65. The predicted octanol–water partition coefficient (Wildman–Crippen LogP) is 4.87. The van der Waals surface area contributed by atoms with Crippen LogP contribution in [0.25, 0.3) is 0 Å². The van der Waals surface area contributed by atoms with Crippen LogP contribution >= 0.6 is 0 Å². The number of amides is 1. The monoisotopic (exact) mass is 427 g/mol. The molecular formula is C21H28F3N3O3. The van der Waals surface area contributed by atoms with Crippen molar-refractivity contribution in [3.05, 3.63) is 33.9 Å². The second-order valence-electron chi connectivity index (χ2n) is 8.58. The topological polar surface area (TPSA) is 66.7 Å². The van der Waals surface area contributed by atoms with Crippen molar-refractivity contribution >= 4 is 17.3 Å². The maximum Gasteiger partial charge on any atom is 0.416 e. The lowest BCUT2D eigenvalue weighted by Gasteiger charge is -2.38. The number of nitrogens with zero attached hydrogens (tertiary/aromatic N) is 3. The summed E-state index contributed by atoms with van der Waals surface area (Å²) in [5.74, 6) is 0.655. The summed E-state index contributed by atoms with van der Waals surface area (Å²) in [4.78, 5) is 27.1. The molecule has 0 bridgehead atoms.